The molecule has 0 atom stereocenters. The summed E-state index contributed by atoms with van der Waals surface area (Å²) in [5.74, 6) is 2.96. The highest BCUT2D eigenvalue weighted by atomic mass is 15.2. The molecule has 2 aromatic heterocycles. The van der Waals surface area contributed by atoms with Gasteiger partial charge in [-0.25, -0.2) is 9.97 Å². The molecule has 0 bridgehead atoms. The van der Waals surface area contributed by atoms with E-state index in [9.17, 15) is 0 Å². The molecule has 0 saturated carbocycles. The Morgan fingerprint density at radius 1 is 1.21 bits per heavy atom. The van der Waals surface area contributed by atoms with Gasteiger partial charge in [0.05, 0.1) is 0 Å². The third kappa shape index (κ3) is 5.00. The second-order valence-electron chi connectivity index (χ2n) is 7.63. The fourth-order valence-electron chi connectivity index (χ4n) is 3.38. The van der Waals surface area contributed by atoms with Crippen LogP contribution in [0.25, 0.3) is 5.57 Å². The van der Waals surface area contributed by atoms with Crippen LogP contribution in [-0.4, -0.2) is 28.0 Å². The van der Waals surface area contributed by atoms with E-state index in [-0.39, 0.29) is 0 Å². The van der Waals surface area contributed by atoms with Crippen LogP contribution in [0.5, 0.6) is 0 Å². The molecule has 1 aliphatic rings. The second kappa shape index (κ2) is 9.53. The Morgan fingerprint density at radius 3 is 2.61 bits per heavy atom. The topological polar surface area (TPSA) is 80.0 Å². The molecule has 0 amide bonds. The number of aromatic nitrogens is 3. The van der Waals surface area contributed by atoms with E-state index in [4.69, 9.17) is 15.7 Å². The number of nitrogens with two attached hydrogens (primary N) is 1. The van der Waals surface area contributed by atoms with E-state index < -0.39 is 0 Å². The van der Waals surface area contributed by atoms with Crippen molar-refractivity contribution in [3.63, 3.8) is 0 Å². The monoisotopic (exact) mass is 380 g/mol. The fourth-order valence-corrected chi connectivity index (χ4v) is 3.38. The van der Waals surface area contributed by atoms with Crippen molar-refractivity contribution in [3.05, 3.63) is 47.7 Å². The SMILES string of the molecule is CC/C(=C/N)c1nc(NCc2ccc(C(C)C)nc2)cc(N2CCCCC2)n1. The van der Waals surface area contributed by atoms with E-state index in [2.05, 4.69) is 54.2 Å². The molecule has 28 heavy (non-hydrogen) atoms. The van der Waals surface area contributed by atoms with Crippen LogP contribution in [-0.2, 0) is 6.54 Å². The van der Waals surface area contributed by atoms with E-state index in [1.165, 1.54) is 19.3 Å². The van der Waals surface area contributed by atoms with Crippen LogP contribution in [0.3, 0.4) is 0 Å². The van der Waals surface area contributed by atoms with Crippen LogP contribution in [0.2, 0.25) is 0 Å². The normalized spacial score (nSPS) is 15.1. The van der Waals surface area contributed by atoms with Crippen molar-refractivity contribution in [1.82, 2.24) is 15.0 Å². The molecule has 0 aromatic carbocycles. The minimum absolute atomic E-state index is 0.439. The number of anilines is 2. The molecule has 6 heteroatoms. The summed E-state index contributed by atoms with van der Waals surface area (Å²) in [7, 11) is 0. The van der Waals surface area contributed by atoms with Gasteiger partial charge in [0.2, 0.25) is 0 Å². The van der Waals surface area contributed by atoms with Crippen molar-refractivity contribution in [2.75, 3.05) is 23.3 Å². The first kappa shape index (κ1) is 20.1. The van der Waals surface area contributed by atoms with Crippen molar-refractivity contribution in [2.24, 2.45) is 5.73 Å². The zero-order chi connectivity index (χ0) is 19.9. The zero-order valence-corrected chi connectivity index (χ0v) is 17.3. The largest absolute Gasteiger partial charge is 0.404 e. The molecule has 3 heterocycles. The fraction of sp³-hybridized carbons (Fsp3) is 0.500. The number of hydrogen-bond acceptors (Lipinski definition) is 6. The van der Waals surface area contributed by atoms with E-state index in [0.717, 1.165) is 48.0 Å². The van der Waals surface area contributed by atoms with Crippen LogP contribution in [0.1, 0.15) is 69.5 Å². The Hall–Kier alpha value is -2.63. The molecule has 2 aromatic rings. The molecule has 1 aliphatic heterocycles. The van der Waals surface area contributed by atoms with Crippen molar-refractivity contribution in [2.45, 2.75) is 58.9 Å². The highest BCUT2D eigenvalue weighted by Crippen LogP contribution is 2.24. The molecule has 3 rings (SSSR count). The Balaban J connectivity index is 1.81. The van der Waals surface area contributed by atoms with Gasteiger partial charge < -0.3 is 16.0 Å². The Labute approximate surface area is 168 Å². The summed E-state index contributed by atoms with van der Waals surface area (Å²) >= 11 is 0. The first-order valence-corrected chi connectivity index (χ1v) is 10.3. The van der Waals surface area contributed by atoms with Gasteiger partial charge in [-0.15, -0.1) is 0 Å². The molecule has 150 valence electrons. The van der Waals surface area contributed by atoms with Crippen molar-refractivity contribution in [3.8, 4) is 0 Å². The predicted octanol–water partition coefficient (Wildman–Crippen LogP) is 4.31. The molecule has 6 nitrogen and oxygen atoms in total. The minimum Gasteiger partial charge on any atom is -0.404 e. The smallest absolute Gasteiger partial charge is 0.161 e. The standard InChI is InChI=1S/C22H32N6/c1-4-18(13-23)22-26-20(12-21(27-22)28-10-6-5-7-11-28)25-15-17-8-9-19(16(2)3)24-14-17/h8-9,12-14,16H,4-7,10-11,15,23H2,1-3H3,(H,25,26,27)/b18-13-. The van der Waals surface area contributed by atoms with Gasteiger partial charge in [0, 0.05) is 49.4 Å². The van der Waals surface area contributed by atoms with Crippen LogP contribution >= 0.6 is 0 Å². The number of pyridine rings is 1. The molecule has 0 spiro atoms. The number of rotatable bonds is 7. The quantitative estimate of drug-likeness (QED) is 0.745. The van der Waals surface area contributed by atoms with Gasteiger partial charge in [-0.2, -0.15) is 0 Å². The Kier molecular flexibility index (Phi) is 6.85. The average molecular weight is 381 g/mol. The zero-order valence-electron chi connectivity index (χ0n) is 17.3. The van der Waals surface area contributed by atoms with Gasteiger partial charge in [-0.05, 0) is 43.2 Å². The third-order valence-electron chi connectivity index (χ3n) is 5.17. The van der Waals surface area contributed by atoms with Crippen LogP contribution in [0.4, 0.5) is 11.6 Å². The first-order chi connectivity index (χ1) is 13.6. The summed E-state index contributed by atoms with van der Waals surface area (Å²) in [5.41, 5.74) is 9.02. The van der Waals surface area contributed by atoms with E-state index >= 15 is 0 Å². The van der Waals surface area contributed by atoms with Crippen molar-refractivity contribution >= 4 is 17.2 Å². The van der Waals surface area contributed by atoms with Gasteiger partial charge in [-0.3, -0.25) is 4.98 Å². The van der Waals surface area contributed by atoms with Gasteiger partial charge in [-0.1, -0.05) is 26.8 Å². The maximum Gasteiger partial charge on any atom is 0.161 e. The minimum atomic E-state index is 0.439. The van der Waals surface area contributed by atoms with Gasteiger partial charge in [0.1, 0.15) is 11.6 Å². The molecule has 3 N–H and O–H groups in total. The lowest BCUT2D eigenvalue weighted by molar-refractivity contribution is 0.573. The Bertz CT molecular complexity index is 791. The molecule has 0 aliphatic carbocycles. The van der Waals surface area contributed by atoms with Gasteiger partial charge >= 0.3 is 0 Å². The highest BCUT2D eigenvalue weighted by molar-refractivity contribution is 5.63. The molecule has 0 unspecified atom stereocenters. The summed E-state index contributed by atoms with van der Waals surface area (Å²) in [6.45, 7) is 9.15. The lowest BCUT2D eigenvalue weighted by Gasteiger charge is -2.28. The lowest BCUT2D eigenvalue weighted by atomic mass is 10.1. The number of nitrogens with zero attached hydrogens (tertiary/aromatic N) is 4. The Morgan fingerprint density at radius 2 is 2.00 bits per heavy atom. The molecule has 1 fully saturated rings. The summed E-state index contributed by atoms with van der Waals surface area (Å²) in [4.78, 5) is 16.4. The molecule has 0 radical (unpaired) electrons. The van der Waals surface area contributed by atoms with Crippen LogP contribution in [0, 0.1) is 0 Å². The number of hydrogen-bond donors (Lipinski definition) is 2. The highest BCUT2D eigenvalue weighted by Gasteiger charge is 2.16. The molecular weight excluding hydrogens is 348 g/mol. The van der Waals surface area contributed by atoms with E-state index in [0.29, 0.717) is 18.3 Å². The number of nitrogens with one attached hydrogen (secondary N) is 1. The first-order valence-electron chi connectivity index (χ1n) is 10.3. The molecular formula is C22H32N6. The van der Waals surface area contributed by atoms with Crippen LogP contribution < -0.4 is 16.0 Å². The second-order valence-corrected chi connectivity index (χ2v) is 7.63. The molecule has 1 saturated heterocycles. The summed E-state index contributed by atoms with van der Waals surface area (Å²) in [6.07, 6.45) is 8.08. The summed E-state index contributed by atoms with van der Waals surface area (Å²) < 4.78 is 0. The lowest BCUT2D eigenvalue weighted by Crippen LogP contribution is -2.30. The van der Waals surface area contributed by atoms with Gasteiger partial charge in [0.15, 0.2) is 5.82 Å². The maximum absolute atomic E-state index is 5.81. The maximum atomic E-state index is 5.81. The van der Waals surface area contributed by atoms with E-state index in [1.54, 1.807) is 6.20 Å². The third-order valence-corrected chi connectivity index (χ3v) is 5.17. The van der Waals surface area contributed by atoms with Crippen molar-refractivity contribution < 1.29 is 0 Å². The summed E-state index contributed by atoms with van der Waals surface area (Å²) in [6, 6.07) is 6.27. The van der Waals surface area contributed by atoms with Crippen LogP contribution in [0.15, 0.2) is 30.6 Å². The van der Waals surface area contributed by atoms with Gasteiger partial charge in [0.25, 0.3) is 0 Å². The predicted molar refractivity (Wildman–Crippen MR) is 116 cm³/mol. The number of allylic oxidation sites excluding steroid dienone is 1. The number of piperidine rings is 1. The van der Waals surface area contributed by atoms with E-state index in [1.807, 2.05) is 6.20 Å². The van der Waals surface area contributed by atoms with Crippen molar-refractivity contribution in [1.29, 1.82) is 0 Å². The summed E-state index contributed by atoms with van der Waals surface area (Å²) in [5, 5.41) is 3.45. The average Bonchev–Trinajstić information content (AvgIpc) is 2.74.